The molecule has 0 bridgehead atoms. The van der Waals surface area contributed by atoms with Crippen LogP contribution >= 0.6 is 11.6 Å². The molecule has 0 aliphatic carbocycles. The molecule has 4 nitrogen and oxygen atoms in total. The van der Waals surface area contributed by atoms with Gasteiger partial charge in [-0.3, -0.25) is 0 Å². The average Bonchev–Trinajstić information content (AvgIpc) is 2.47. The first kappa shape index (κ1) is 17.0. The quantitative estimate of drug-likeness (QED) is 0.858. The second kappa shape index (κ2) is 6.78. The van der Waals surface area contributed by atoms with Crippen molar-refractivity contribution < 1.29 is 32.5 Å². The number of carboxylic acid groups (broad SMARTS) is 1. The largest absolute Gasteiger partial charge is 0.482 e. The van der Waals surface area contributed by atoms with Crippen molar-refractivity contribution in [2.24, 2.45) is 0 Å². The Labute approximate surface area is 134 Å². The third kappa shape index (κ3) is 4.79. The molecule has 1 N–H and O–H groups in total. The maximum atomic E-state index is 12.5. The molecule has 0 saturated carbocycles. The van der Waals surface area contributed by atoms with E-state index in [-0.39, 0.29) is 10.8 Å². The number of halogens is 4. The Kier molecular flexibility index (Phi) is 5.00. The number of carbonyl (C=O) groups is 1. The molecule has 0 aliphatic rings. The van der Waals surface area contributed by atoms with Gasteiger partial charge in [-0.15, -0.1) is 0 Å². The SMILES string of the molecule is O=C(O)COc1ccc(Oc2ccc(C(F)(F)F)cc2Cl)cc1. The maximum Gasteiger partial charge on any atom is 0.416 e. The minimum Gasteiger partial charge on any atom is -0.482 e. The Hall–Kier alpha value is -2.41. The van der Waals surface area contributed by atoms with E-state index in [4.69, 9.17) is 26.2 Å². The van der Waals surface area contributed by atoms with E-state index in [0.29, 0.717) is 11.5 Å². The van der Waals surface area contributed by atoms with E-state index < -0.39 is 24.3 Å². The van der Waals surface area contributed by atoms with Gasteiger partial charge in [-0.1, -0.05) is 11.6 Å². The van der Waals surface area contributed by atoms with E-state index in [2.05, 4.69) is 0 Å². The van der Waals surface area contributed by atoms with Crippen molar-refractivity contribution in [2.45, 2.75) is 6.18 Å². The van der Waals surface area contributed by atoms with Crippen LogP contribution < -0.4 is 9.47 Å². The summed E-state index contributed by atoms with van der Waals surface area (Å²) in [6.07, 6.45) is -4.48. The van der Waals surface area contributed by atoms with E-state index in [0.717, 1.165) is 18.2 Å². The number of rotatable bonds is 5. The van der Waals surface area contributed by atoms with Gasteiger partial charge >= 0.3 is 12.1 Å². The average molecular weight is 347 g/mol. The van der Waals surface area contributed by atoms with Crippen LogP contribution in [0.3, 0.4) is 0 Å². The Morgan fingerprint density at radius 3 is 2.22 bits per heavy atom. The maximum absolute atomic E-state index is 12.5. The zero-order valence-corrected chi connectivity index (χ0v) is 12.2. The van der Waals surface area contributed by atoms with Crippen LogP contribution in [-0.2, 0) is 11.0 Å². The first-order valence-corrected chi connectivity index (χ1v) is 6.63. The van der Waals surface area contributed by atoms with Crippen LogP contribution in [0.1, 0.15) is 5.56 Å². The summed E-state index contributed by atoms with van der Waals surface area (Å²) in [5.74, 6) is -0.409. The lowest BCUT2D eigenvalue weighted by molar-refractivity contribution is -0.139. The molecule has 23 heavy (non-hydrogen) atoms. The van der Waals surface area contributed by atoms with Crippen molar-refractivity contribution in [1.29, 1.82) is 0 Å². The van der Waals surface area contributed by atoms with Crippen molar-refractivity contribution in [3.8, 4) is 17.2 Å². The molecule has 2 aromatic carbocycles. The molecule has 0 fully saturated rings. The van der Waals surface area contributed by atoms with Crippen LogP contribution in [0.4, 0.5) is 13.2 Å². The molecule has 0 saturated heterocycles. The molecule has 122 valence electrons. The smallest absolute Gasteiger partial charge is 0.416 e. The fraction of sp³-hybridized carbons (Fsp3) is 0.133. The lowest BCUT2D eigenvalue weighted by Gasteiger charge is -2.11. The molecule has 0 aliphatic heterocycles. The van der Waals surface area contributed by atoms with E-state index >= 15 is 0 Å². The Morgan fingerprint density at radius 2 is 1.70 bits per heavy atom. The summed E-state index contributed by atoms with van der Waals surface area (Å²) in [5.41, 5.74) is -0.868. The molecular formula is C15H10ClF3O4. The fourth-order valence-corrected chi connectivity index (χ4v) is 1.86. The number of benzene rings is 2. The van der Waals surface area contributed by atoms with Crippen LogP contribution in [0.2, 0.25) is 5.02 Å². The third-order valence-corrected chi connectivity index (χ3v) is 2.97. The zero-order chi connectivity index (χ0) is 17.0. The van der Waals surface area contributed by atoms with Gasteiger partial charge in [0, 0.05) is 0 Å². The molecule has 2 rings (SSSR count). The van der Waals surface area contributed by atoms with Crippen molar-refractivity contribution in [3.05, 3.63) is 53.1 Å². The molecule has 2 aromatic rings. The lowest BCUT2D eigenvalue weighted by atomic mass is 10.2. The van der Waals surface area contributed by atoms with E-state index in [1.165, 1.54) is 24.3 Å². The standard InChI is InChI=1S/C15H10ClF3O4/c16-12-7-9(15(17,18)19)1-6-13(12)23-11-4-2-10(3-5-11)22-8-14(20)21/h1-7H,8H2,(H,20,21). The number of carboxylic acids is 1. The number of alkyl halides is 3. The summed E-state index contributed by atoms with van der Waals surface area (Å²) < 4.78 is 48.0. The minimum absolute atomic E-state index is 0.0684. The summed E-state index contributed by atoms with van der Waals surface area (Å²) in [6.45, 7) is -0.481. The lowest BCUT2D eigenvalue weighted by Crippen LogP contribution is -2.09. The number of ether oxygens (including phenoxy) is 2. The topological polar surface area (TPSA) is 55.8 Å². The van der Waals surface area contributed by atoms with E-state index in [9.17, 15) is 18.0 Å². The van der Waals surface area contributed by atoms with Gasteiger partial charge in [0.05, 0.1) is 10.6 Å². The molecule has 0 atom stereocenters. The van der Waals surface area contributed by atoms with Gasteiger partial charge in [-0.25, -0.2) is 4.79 Å². The molecule has 8 heteroatoms. The van der Waals surface area contributed by atoms with Crippen LogP contribution in [-0.4, -0.2) is 17.7 Å². The van der Waals surface area contributed by atoms with Crippen LogP contribution in [0.15, 0.2) is 42.5 Å². The summed E-state index contributed by atoms with van der Waals surface area (Å²) in [6, 6.07) is 8.66. The Bertz CT molecular complexity index is 699. The van der Waals surface area contributed by atoms with Gasteiger partial charge in [0.25, 0.3) is 0 Å². The van der Waals surface area contributed by atoms with Crippen LogP contribution in [0.25, 0.3) is 0 Å². The van der Waals surface area contributed by atoms with Crippen LogP contribution in [0.5, 0.6) is 17.2 Å². The highest BCUT2D eigenvalue weighted by molar-refractivity contribution is 6.32. The number of aliphatic carboxylic acids is 1. The van der Waals surface area contributed by atoms with E-state index in [1.54, 1.807) is 0 Å². The molecule has 0 heterocycles. The second-order valence-electron chi connectivity index (χ2n) is 4.40. The van der Waals surface area contributed by atoms with Gasteiger partial charge < -0.3 is 14.6 Å². The Morgan fingerprint density at radius 1 is 1.09 bits per heavy atom. The van der Waals surface area contributed by atoms with E-state index in [1.807, 2.05) is 0 Å². The summed E-state index contributed by atoms with van der Waals surface area (Å²) in [7, 11) is 0. The predicted molar refractivity (Wildman–Crippen MR) is 76.1 cm³/mol. The normalized spacial score (nSPS) is 11.1. The zero-order valence-electron chi connectivity index (χ0n) is 11.4. The molecule has 0 amide bonds. The second-order valence-corrected chi connectivity index (χ2v) is 4.81. The highest BCUT2D eigenvalue weighted by Crippen LogP contribution is 2.36. The van der Waals surface area contributed by atoms with Gasteiger partial charge in [0.15, 0.2) is 6.61 Å². The number of hydrogen-bond donors (Lipinski definition) is 1. The summed E-state index contributed by atoms with van der Waals surface area (Å²) in [5, 5.41) is 8.31. The third-order valence-electron chi connectivity index (χ3n) is 2.67. The number of hydrogen-bond acceptors (Lipinski definition) is 3. The molecule has 0 spiro atoms. The minimum atomic E-state index is -4.48. The van der Waals surface area contributed by atoms with Crippen LogP contribution in [0, 0.1) is 0 Å². The van der Waals surface area contributed by atoms with Gasteiger partial charge in [-0.05, 0) is 42.5 Å². The molecule has 0 aromatic heterocycles. The Balaban J connectivity index is 2.09. The van der Waals surface area contributed by atoms with Crippen molar-refractivity contribution in [3.63, 3.8) is 0 Å². The first-order valence-electron chi connectivity index (χ1n) is 6.25. The van der Waals surface area contributed by atoms with Gasteiger partial charge in [-0.2, -0.15) is 13.2 Å². The highest BCUT2D eigenvalue weighted by Gasteiger charge is 2.31. The van der Waals surface area contributed by atoms with Gasteiger partial charge in [0.2, 0.25) is 0 Å². The molecule has 0 unspecified atom stereocenters. The monoisotopic (exact) mass is 346 g/mol. The molecular weight excluding hydrogens is 337 g/mol. The molecule has 0 radical (unpaired) electrons. The summed E-state index contributed by atoms with van der Waals surface area (Å²) in [4.78, 5) is 10.4. The van der Waals surface area contributed by atoms with Gasteiger partial charge in [0.1, 0.15) is 17.2 Å². The van der Waals surface area contributed by atoms with Crippen molar-refractivity contribution in [2.75, 3.05) is 6.61 Å². The highest BCUT2D eigenvalue weighted by atomic mass is 35.5. The first-order chi connectivity index (χ1) is 10.8. The fourth-order valence-electron chi connectivity index (χ4n) is 1.64. The summed E-state index contributed by atoms with van der Waals surface area (Å²) >= 11 is 5.79. The predicted octanol–water partition coefficient (Wildman–Crippen LogP) is 4.61. The van der Waals surface area contributed by atoms with Crippen molar-refractivity contribution in [1.82, 2.24) is 0 Å². The van der Waals surface area contributed by atoms with Crippen molar-refractivity contribution >= 4 is 17.6 Å².